The summed E-state index contributed by atoms with van der Waals surface area (Å²) < 4.78 is 0. The molecular weight excluding hydrogens is 470 g/mol. The molecule has 0 aliphatic heterocycles. The third kappa shape index (κ3) is 51.6. The molecule has 0 fully saturated rings. The number of carboxylic acid groups (broad SMARTS) is 2. The van der Waals surface area contributed by atoms with E-state index in [2.05, 4.69) is 6.92 Å². The molecule has 0 aliphatic carbocycles. The van der Waals surface area contributed by atoms with E-state index in [-0.39, 0.29) is 65.5 Å². The molecule has 36 heavy (non-hydrogen) atoms. The van der Waals surface area contributed by atoms with Gasteiger partial charge in [0, 0.05) is 11.9 Å². The molecule has 0 aromatic heterocycles. The Morgan fingerprint density at radius 1 is 0.417 bits per heavy atom. The van der Waals surface area contributed by atoms with Crippen molar-refractivity contribution in [3.05, 3.63) is 0 Å². The van der Waals surface area contributed by atoms with Crippen LogP contribution in [0.3, 0.4) is 0 Å². The fourth-order valence-electron chi connectivity index (χ4n) is 4.41. The van der Waals surface area contributed by atoms with E-state index in [1.54, 1.807) is 0 Å². The van der Waals surface area contributed by atoms with Gasteiger partial charge in [-0.05, 0) is 19.8 Å². The molecule has 0 spiro atoms. The normalized spacial score (nSPS) is 10.1. The second kappa shape index (κ2) is 40.4. The van der Waals surface area contributed by atoms with Crippen LogP contribution < -0.4 is 69.3 Å². The van der Waals surface area contributed by atoms with Gasteiger partial charge >= 0.3 is 59.1 Å². The standard InChI is InChI=1S/C28H56O2.C2H4O2.2Na/c1-2-3-4-5-6-7-8-9-10-11-12-13-14-15-16-17-18-19-20-21-22-23-24-25-26-27-28(29)30;1-2(3)4;;/h2-27H2,1H3,(H,29,30);1H3,(H,3,4);;/q;;2*+1/p-2. The molecule has 0 aliphatic rings. The Kier molecular flexibility index (Phi) is 49.4. The number of hydrogen-bond donors (Lipinski definition) is 0. The van der Waals surface area contributed by atoms with Crippen LogP contribution in [0, 0.1) is 0 Å². The summed E-state index contributed by atoms with van der Waals surface area (Å²) in [5.74, 6) is -1.98. The molecule has 0 radical (unpaired) electrons. The van der Waals surface area contributed by atoms with Gasteiger partial charge < -0.3 is 19.8 Å². The van der Waals surface area contributed by atoms with Crippen LogP contribution in [-0.4, -0.2) is 11.9 Å². The van der Waals surface area contributed by atoms with Gasteiger partial charge in [-0.2, -0.15) is 0 Å². The molecule has 204 valence electrons. The van der Waals surface area contributed by atoms with Crippen molar-refractivity contribution in [2.24, 2.45) is 0 Å². The number of hydrogen-bond acceptors (Lipinski definition) is 4. The van der Waals surface area contributed by atoms with Crippen molar-refractivity contribution < 1.29 is 78.9 Å². The second-order valence-electron chi connectivity index (χ2n) is 10.1. The van der Waals surface area contributed by atoms with E-state index in [1.807, 2.05) is 0 Å². The van der Waals surface area contributed by atoms with E-state index in [0.717, 1.165) is 19.8 Å². The average Bonchev–Trinajstić information content (AvgIpc) is 2.78. The topological polar surface area (TPSA) is 80.3 Å². The van der Waals surface area contributed by atoms with Gasteiger partial charge in [-0.15, -0.1) is 0 Å². The van der Waals surface area contributed by atoms with E-state index >= 15 is 0 Å². The van der Waals surface area contributed by atoms with Gasteiger partial charge in [0.15, 0.2) is 0 Å². The summed E-state index contributed by atoms with van der Waals surface area (Å²) in [4.78, 5) is 19.2. The minimum absolute atomic E-state index is 0. The Hall–Kier alpha value is 0.940. The summed E-state index contributed by atoms with van der Waals surface area (Å²) in [5, 5.41) is 19.2. The number of aliphatic carboxylic acids is 2. The molecular formula is C30H58Na2O4. The minimum atomic E-state index is -1.08. The van der Waals surface area contributed by atoms with Crippen molar-refractivity contribution in [1.82, 2.24) is 0 Å². The fraction of sp³-hybridized carbons (Fsp3) is 0.933. The first kappa shape index (κ1) is 44.0. The third-order valence-corrected chi connectivity index (χ3v) is 6.48. The van der Waals surface area contributed by atoms with Gasteiger partial charge in [0.05, 0.1) is 0 Å². The summed E-state index contributed by atoms with van der Waals surface area (Å²) in [6, 6.07) is 0. The Morgan fingerprint density at radius 3 is 0.750 bits per heavy atom. The molecule has 0 amide bonds. The van der Waals surface area contributed by atoms with E-state index in [1.165, 1.54) is 148 Å². The quantitative estimate of drug-likeness (QED) is 0.126. The summed E-state index contributed by atoms with van der Waals surface area (Å²) >= 11 is 0. The van der Waals surface area contributed by atoms with Crippen LogP contribution in [0.2, 0.25) is 0 Å². The van der Waals surface area contributed by atoms with Crippen LogP contribution >= 0.6 is 0 Å². The first-order valence-electron chi connectivity index (χ1n) is 14.9. The van der Waals surface area contributed by atoms with Gasteiger partial charge in [0.2, 0.25) is 0 Å². The zero-order valence-corrected chi connectivity index (χ0v) is 29.0. The summed E-state index contributed by atoms with van der Waals surface area (Å²) in [6.45, 7) is 3.27. The first-order valence-corrected chi connectivity index (χ1v) is 14.9. The molecule has 4 nitrogen and oxygen atoms in total. The maximum atomic E-state index is 10.3. The molecule has 0 saturated carbocycles. The molecule has 0 rings (SSSR count). The fourth-order valence-corrected chi connectivity index (χ4v) is 4.41. The van der Waals surface area contributed by atoms with Gasteiger partial charge in [0.1, 0.15) is 0 Å². The van der Waals surface area contributed by atoms with E-state index in [4.69, 9.17) is 9.90 Å². The molecule has 0 unspecified atom stereocenters. The predicted octanol–water partition coefficient (Wildman–Crippen LogP) is 1.66. The monoisotopic (exact) mass is 528 g/mol. The molecule has 0 atom stereocenters. The molecule has 0 bridgehead atoms. The van der Waals surface area contributed by atoms with Crippen LogP contribution in [0.1, 0.15) is 181 Å². The van der Waals surface area contributed by atoms with Gasteiger partial charge in [-0.3, -0.25) is 0 Å². The van der Waals surface area contributed by atoms with Crippen molar-refractivity contribution in [3.8, 4) is 0 Å². The summed E-state index contributed by atoms with van der Waals surface area (Å²) in [7, 11) is 0. The van der Waals surface area contributed by atoms with Crippen LogP contribution in [-0.2, 0) is 9.59 Å². The third-order valence-electron chi connectivity index (χ3n) is 6.48. The largest absolute Gasteiger partial charge is 1.00 e. The van der Waals surface area contributed by atoms with Crippen molar-refractivity contribution >= 4 is 11.9 Å². The van der Waals surface area contributed by atoms with Crippen LogP contribution in [0.5, 0.6) is 0 Å². The number of unbranched alkanes of at least 4 members (excludes halogenated alkanes) is 24. The van der Waals surface area contributed by atoms with Gasteiger partial charge in [-0.25, -0.2) is 0 Å². The van der Waals surface area contributed by atoms with Crippen LogP contribution in [0.25, 0.3) is 0 Å². The molecule has 0 heterocycles. The van der Waals surface area contributed by atoms with E-state index in [0.29, 0.717) is 0 Å². The van der Waals surface area contributed by atoms with Crippen LogP contribution in [0.4, 0.5) is 0 Å². The average molecular weight is 529 g/mol. The van der Waals surface area contributed by atoms with Crippen LogP contribution in [0.15, 0.2) is 0 Å². The molecule has 6 heteroatoms. The maximum absolute atomic E-state index is 10.3. The van der Waals surface area contributed by atoms with Gasteiger partial charge in [0.25, 0.3) is 0 Å². The number of carbonyl (C=O) groups is 2. The van der Waals surface area contributed by atoms with E-state index in [9.17, 15) is 9.90 Å². The molecule has 0 N–H and O–H groups in total. The van der Waals surface area contributed by atoms with Crippen molar-refractivity contribution in [1.29, 1.82) is 0 Å². The minimum Gasteiger partial charge on any atom is -0.550 e. The van der Waals surface area contributed by atoms with Crippen molar-refractivity contribution in [2.75, 3.05) is 0 Å². The number of rotatable bonds is 26. The Labute approximate surface area is 269 Å². The second-order valence-corrected chi connectivity index (χ2v) is 10.1. The number of carboxylic acids is 2. The van der Waals surface area contributed by atoms with Gasteiger partial charge in [-0.1, -0.05) is 161 Å². The van der Waals surface area contributed by atoms with Crippen molar-refractivity contribution in [2.45, 2.75) is 181 Å². The Morgan fingerprint density at radius 2 is 0.583 bits per heavy atom. The maximum Gasteiger partial charge on any atom is 1.00 e. The molecule has 0 aromatic carbocycles. The van der Waals surface area contributed by atoms with E-state index < -0.39 is 11.9 Å². The molecule has 0 saturated heterocycles. The zero-order valence-electron chi connectivity index (χ0n) is 25.0. The number of carbonyl (C=O) groups excluding carboxylic acids is 2. The Bertz CT molecular complexity index is 416. The summed E-state index contributed by atoms with van der Waals surface area (Å²) in [5.41, 5.74) is 0. The summed E-state index contributed by atoms with van der Waals surface area (Å²) in [6.07, 6.45) is 34.6. The van der Waals surface area contributed by atoms with Crippen molar-refractivity contribution in [3.63, 3.8) is 0 Å². The zero-order chi connectivity index (χ0) is 25.5. The SMILES string of the molecule is CC(=O)[O-].CCCCCCCCCCCCCCCCCCCCCCCCCCCC(=O)[O-].[Na+].[Na+]. The smallest absolute Gasteiger partial charge is 0.550 e. The Balaban J connectivity index is -0.000000788. The molecule has 0 aromatic rings. The first-order chi connectivity index (χ1) is 16.5. The predicted molar refractivity (Wildman–Crippen MR) is 141 cm³/mol.